The van der Waals surface area contributed by atoms with Crippen LogP contribution in [0.25, 0.3) is 0 Å². The maximum atomic E-state index is 5.65. The average molecular weight is 273 g/mol. The number of piperidine rings is 1. The number of amidine groups is 1. The predicted molar refractivity (Wildman–Crippen MR) is 80.4 cm³/mol. The first-order chi connectivity index (χ1) is 9.72. The van der Waals surface area contributed by atoms with E-state index in [9.17, 15) is 0 Å². The van der Waals surface area contributed by atoms with Crippen LogP contribution in [0.15, 0.2) is 35.3 Å². The van der Waals surface area contributed by atoms with Crippen molar-refractivity contribution >= 4 is 6.02 Å². The Bertz CT molecular complexity index is 466. The highest BCUT2D eigenvalue weighted by atomic mass is 16.5. The zero-order valence-electron chi connectivity index (χ0n) is 12.0. The molecule has 0 aliphatic carbocycles. The third-order valence-electron chi connectivity index (χ3n) is 4.38. The molecular weight excluding hydrogens is 250 g/mol. The summed E-state index contributed by atoms with van der Waals surface area (Å²) in [6, 6.07) is 11.1. The molecule has 4 heteroatoms. The van der Waals surface area contributed by atoms with E-state index in [2.05, 4.69) is 40.2 Å². The smallest absolute Gasteiger partial charge is 0.284 e. The summed E-state index contributed by atoms with van der Waals surface area (Å²) in [6.45, 7) is 4.23. The Balaban J connectivity index is 1.52. The van der Waals surface area contributed by atoms with Crippen LogP contribution in [0.1, 0.15) is 25.3 Å². The lowest BCUT2D eigenvalue weighted by Crippen LogP contribution is -2.44. The molecule has 2 N–H and O–H groups in total. The fraction of sp³-hybridized carbons (Fsp3) is 0.562. The van der Waals surface area contributed by atoms with Crippen LogP contribution in [-0.4, -0.2) is 36.3 Å². The Kier molecular flexibility index (Phi) is 3.92. The van der Waals surface area contributed by atoms with E-state index < -0.39 is 0 Å². The van der Waals surface area contributed by atoms with Crippen molar-refractivity contribution in [3.63, 3.8) is 0 Å². The molecule has 1 aromatic rings. The first kappa shape index (κ1) is 13.4. The molecule has 0 aromatic heterocycles. The van der Waals surface area contributed by atoms with E-state index in [1.165, 1.54) is 24.8 Å². The third kappa shape index (κ3) is 2.96. The summed E-state index contributed by atoms with van der Waals surface area (Å²) in [5.74, 6) is 0.785. The fourth-order valence-corrected chi connectivity index (χ4v) is 3.26. The lowest BCUT2D eigenvalue weighted by Gasteiger charge is -2.35. The molecule has 0 saturated carbocycles. The Hall–Kier alpha value is -1.55. The van der Waals surface area contributed by atoms with Crippen LogP contribution in [0.5, 0.6) is 0 Å². The van der Waals surface area contributed by atoms with Gasteiger partial charge in [-0.25, -0.2) is 4.99 Å². The summed E-state index contributed by atoms with van der Waals surface area (Å²) >= 11 is 0. The van der Waals surface area contributed by atoms with Gasteiger partial charge in [-0.15, -0.1) is 0 Å². The van der Waals surface area contributed by atoms with Crippen molar-refractivity contribution in [2.75, 3.05) is 13.1 Å². The molecule has 0 bridgehead atoms. The molecule has 2 aliphatic rings. The number of nitrogens with two attached hydrogens (primary N) is 1. The molecule has 0 radical (unpaired) electrons. The van der Waals surface area contributed by atoms with Crippen molar-refractivity contribution in [3.05, 3.63) is 35.9 Å². The average Bonchev–Trinajstić information content (AvgIpc) is 2.80. The summed E-state index contributed by atoms with van der Waals surface area (Å²) < 4.78 is 5.44. The molecule has 2 aliphatic heterocycles. The number of hydrogen-bond donors (Lipinski definition) is 1. The Morgan fingerprint density at radius 2 is 1.95 bits per heavy atom. The van der Waals surface area contributed by atoms with Gasteiger partial charge in [-0.2, -0.15) is 0 Å². The fourth-order valence-electron chi connectivity index (χ4n) is 3.26. The number of hydrogen-bond acceptors (Lipinski definition) is 4. The number of likely N-dealkylation sites (tertiary alicyclic amines) is 1. The predicted octanol–water partition coefficient (Wildman–Crippen LogP) is 2.00. The van der Waals surface area contributed by atoms with Crippen LogP contribution >= 0.6 is 0 Å². The number of nitrogens with zero attached hydrogens (tertiary/aromatic N) is 2. The molecule has 0 spiro atoms. The molecule has 1 saturated heterocycles. The van der Waals surface area contributed by atoms with E-state index in [1.54, 1.807) is 0 Å². The zero-order chi connectivity index (χ0) is 13.9. The van der Waals surface area contributed by atoms with Gasteiger partial charge in [-0.05, 0) is 37.7 Å². The van der Waals surface area contributed by atoms with Gasteiger partial charge in [0.1, 0.15) is 12.3 Å². The van der Waals surface area contributed by atoms with Crippen molar-refractivity contribution in [1.29, 1.82) is 0 Å². The largest absolute Gasteiger partial charge is 0.459 e. The lowest BCUT2D eigenvalue weighted by molar-refractivity contribution is 0.0730. The number of aliphatic imine (C=N–C) groups is 1. The quantitative estimate of drug-likeness (QED) is 0.916. The lowest BCUT2D eigenvalue weighted by atomic mass is 9.90. The molecule has 4 nitrogen and oxygen atoms in total. The van der Waals surface area contributed by atoms with Crippen LogP contribution in [0.4, 0.5) is 0 Å². The van der Waals surface area contributed by atoms with Gasteiger partial charge in [0.25, 0.3) is 6.02 Å². The topological polar surface area (TPSA) is 50.9 Å². The first-order valence-corrected chi connectivity index (χ1v) is 7.50. The van der Waals surface area contributed by atoms with Gasteiger partial charge in [0, 0.05) is 13.1 Å². The van der Waals surface area contributed by atoms with Crippen LogP contribution in [-0.2, 0) is 11.2 Å². The molecule has 20 heavy (non-hydrogen) atoms. The molecular formula is C16H23N3O. The maximum Gasteiger partial charge on any atom is 0.284 e. The molecule has 2 unspecified atom stereocenters. The van der Waals surface area contributed by atoms with Crippen molar-refractivity contribution in [2.45, 2.75) is 38.5 Å². The first-order valence-electron chi connectivity index (χ1n) is 7.50. The summed E-state index contributed by atoms with van der Waals surface area (Å²) in [7, 11) is 0. The summed E-state index contributed by atoms with van der Waals surface area (Å²) in [5, 5.41) is 0. The monoisotopic (exact) mass is 273 g/mol. The summed E-state index contributed by atoms with van der Waals surface area (Å²) in [5.41, 5.74) is 7.10. The normalized spacial score (nSPS) is 28.1. The van der Waals surface area contributed by atoms with Gasteiger partial charge >= 0.3 is 0 Å². The third-order valence-corrected chi connectivity index (χ3v) is 4.38. The second-order valence-corrected chi connectivity index (χ2v) is 5.87. The Labute approximate surface area is 120 Å². The van der Waals surface area contributed by atoms with Crippen LogP contribution in [0.3, 0.4) is 0 Å². The SMILES string of the molecule is CC1OC(N)=NC1N1CCC(Cc2ccccc2)CC1. The van der Waals surface area contributed by atoms with Gasteiger partial charge in [0.15, 0.2) is 0 Å². The summed E-state index contributed by atoms with van der Waals surface area (Å²) in [4.78, 5) is 6.81. The minimum atomic E-state index is 0.0840. The van der Waals surface area contributed by atoms with E-state index in [0.29, 0.717) is 6.02 Å². The van der Waals surface area contributed by atoms with Crippen molar-refractivity contribution in [2.24, 2.45) is 16.6 Å². The highest BCUT2D eigenvalue weighted by molar-refractivity contribution is 5.73. The van der Waals surface area contributed by atoms with Crippen LogP contribution in [0.2, 0.25) is 0 Å². The van der Waals surface area contributed by atoms with E-state index in [4.69, 9.17) is 10.5 Å². The van der Waals surface area contributed by atoms with E-state index in [0.717, 1.165) is 19.0 Å². The van der Waals surface area contributed by atoms with Crippen molar-refractivity contribution in [3.8, 4) is 0 Å². The molecule has 1 fully saturated rings. The minimum Gasteiger partial charge on any atom is -0.459 e. The van der Waals surface area contributed by atoms with Crippen molar-refractivity contribution < 1.29 is 4.74 Å². The molecule has 2 heterocycles. The Morgan fingerprint density at radius 1 is 1.25 bits per heavy atom. The molecule has 3 rings (SSSR count). The van der Waals surface area contributed by atoms with Crippen LogP contribution in [0, 0.1) is 5.92 Å². The molecule has 108 valence electrons. The number of benzene rings is 1. The maximum absolute atomic E-state index is 5.65. The standard InChI is InChI=1S/C16H23N3O/c1-12-15(18-16(17)20-12)19-9-7-14(8-10-19)11-13-5-3-2-4-6-13/h2-6,12,14-15H,7-11H2,1H3,(H2,17,18). The van der Waals surface area contributed by atoms with Gasteiger partial charge in [0.05, 0.1) is 0 Å². The molecule has 2 atom stereocenters. The van der Waals surface area contributed by atoms with Gasteiger partial charge in [-0.3, -0.25) is 4.90 Å². The number of rotatable bonds is 3. The zero-order valence-corrected chi connectivity index (χ0v) is 12.0. The number of ether oxygens (including phenoxy) is 1. The van der Waals surface area contributed by atoms with Gasteiger partial charge < -0.3 is 10.5 Å². The highest BCUT2D eigenvalue weighted by Gasteiger charge is 2.33. The van der Waals surface area contributed by atoms with Crippen LogP contribution < -0.4 is 5.73 Å². The van der Waals surface area contributed by atoms with E-state index in [-0.39, 0.29) is 12.3 Å². The Morgan fingerprint density at radius 3 is 2.55 bits per heavy atom. The second-order valence-electron chi connectivity index (χ2n) is 5.87. The van der Waals surface area contributed by atoms with Crippen molar-refractivity contribution in [1.82, 2.24) is 4.90 Å². The molecule has 1 aromatic carbocycles. The van der Waals surface area contributed by atoms with Gasteiger partial charge in [0.2, 0.25) is 0 Å². The molecule has 0 amide bonds. The summed E-state index contributed by atoms with van der Waals surface area (Å²) in [6.07, 6.45) is 3.85. The van der Waals surface area contributed by atoms with Gasteiger partial charge in [-0.1, -0.05) is 30.3 Å². The second kappa shape index (κ2) is 5.83. The highest BCUT2D eigenvalue weighted by Crippen LogP contribution is 2.26. The minimum absolute atomic E-state index is 0.0840. The van der Waals surface area contributed by atoms with E-state index >= 15 is 0 Å². The van der Waals surface area contributed by atoms with E-state index in [1.807, 2.05) is 6.92 Å².